The van der Waals surface area contributed by atoms with Gasteiger partial charge >= 0.3 is 0 Å². The summed E-state index contributed by atoms with van der Waals surface area (Å²) < 4.78 is 2.35. The summed E-state index contributed by atoms with van der Waals surface area (Å²) in [6.45, 7) is 11.9. The number of rotatable bonds is 2. The number of benzene rings is 1. The van der Waals surface area contributed by atoms with Crippen molar-refractivity contribution in [2.45, 2.75) is 41.2 Å². The smallest absolute Gasteiger partial charge is 0.0473 e. The first kappa shape index (κ1) is 12.0. The zero-order valence-corrected chi connectivity index (χ0v) is 11.5. The molecular formula is C16H21N. The number of hydrogen-bond donors (Lipinski definition) is 0. The Hall–Kier alpha value is -1.50. The number of aromatic nitrogens is 1. The zero-order chi connectivity index (χ0) is 12.6. The van der Waals surface area contributed by atoms with Gasteiger partial charge in [0.05, 0.1) is 0 Å². The second kappa shape index (κ2) is 4.40. The maximum Gasteiger partial charge on any atom is 0.0473 e. The quantitative estimate of drug-likeness (QED) is 0.728. The number of nitrogens with zero attached hydrogens (tertiary/aromatic N) is 1. The van der Waals surface area contributed by atoms with E-state index in [1.807, 2.05) is 0 Å². The highest BCUT2D eigenvalue weighted by atomic mass is 15.0. The minimum absolute atomic E-state index is 0.975. The van der Waals surface area contributed by atoms with E-state index < -0.39 is 0 Å². The van der Waals surface area contributed by atoms with Crippen LogP contribution in [0.25, 0.3) is 0 Å². The van der Waals surface area contributed by atoms with E-state index in [0.29, 0.717) is 0 Å². The normalized spacial score (nSPS) is 10.9. The molecule has 0 saturated carbocycles. The highest BCUT2D eigenvalue weighted by Gasteiger charge is 2.06. The van der Waals surface area contributed by atoms with Crippen LogP contribution < -0.4 is 0 Å². The van der Waals surface area contributed by atoms with Gasteiger partial charge in [-0.15, -0.1) is 0 Å². The van der Waals surface area contributed by atoms with Crippen molar-refractivity contribution >= 4 is 0 Å². The molecule has 2 aromatic rings. The first-order chi connectivity index (χ1) is 7.97. The highest BCUT2D eigenvalue weighted by molar-refractivity contribution is 5.32. The lowest BCUT2D eigenvalue weighted by atomic mass is 10.1. The molecule has 1 heterocycles. The molecular weight excluding hydrogens is 206 g/mol. The Morgan fingerprint density at radius 3 is 1.94 bits per heavy atom. The average Bonchev–Trinajstić information content (AvgIpc) is 2.45. The Bertz CT molecular complexity index is 527. The van der Waals surface area contributed by atoms with Crippen molar-refractivity contribution in [3.63, 3.8) is 0 Å². The van der Waals surface area contributed by atoms with Gasteiger partial charge < -0.3 is 4.57 Å². The Morgan fingerprint density at radius 2 is 1.47 bits per heavy atom. The molecule has 0 unspecified atom stereocenters. The van der Waals surface area contributed by atoms with Crippen molar-refractivity contribution in [3.05, 3.63) is 57.9 Å². The van der Waals surface area contributed by atoms with Crippen LogP contribution in [0.1, 0.15) is 33.5 Å². The van der Waals surface area contributed by atoms with Gasteiger partial charge in [0.15, 0.2) is 0 Å². The first-order valence-electron chi connectivity index (χ1n) is 6.17. The Balaban J connectivity index is 2.34. The van der Waals surface area contributed by atoms with Crippen LogP contribution in [-0.4, -0.2) is 4.57 Å². The monoisotopic (exact) mass is 227 g/mol. The van der Waals surface area contributed by atoms with Crippen molar-refractivity contribution in [1.29, 1.82) is 0 Å². The predicted octanol–water partition coefficient (Wildman–Crippen LogP) is 4.08. The fourth-order valence-corrected chi connectivity index (χ4v) is 2.45. The standard InChI is InChI=1S/C16H21N/c1-11-6-12(2)8-16(7-11)10-17-9-13(3)14(4)15(17)5/h6-9H,10H2,1-5H3. The molecule has 1 nitrogen and oxygen atoms in total. The summed E-state index contributed by atoms with van der Waals surface area (Å²) >= 11 is 0. The van der Waals surface area contributed by atoms with Crippen LogP contribution in [0.5, 0.6) is 0 Å². The van der Waals surface area contributed by atoms with Crippen LogP contribution in [-0.2, 0) is 6.54 Å². The molecule has 0 N–H and O–H groups in total. The van der Waals surface area contributed by atoms with Crippen molar-refractivity contribution in [1.82, 2.24) is 4.57 Å². The second-order valence-corrected chi connectivity index (χ2v) is 5.15. The van der Waals surface area contributed by atoms with Gasteiger partial charge in [0.1, 0.15) is 0 Å². The fourth-order valence-electron chi connectivity index (χ4n) is 2.45. The van der Waals surface area contributed by atoms with Crippen LogP contribution in [0, 0.1) is 34.6 Å². The Morgan fingerprint density at radius 1 is 0.882 bits per heavy atom. The Labute approximate surface area is 104 Å². The summed E-state index contributed by atoms with van der Waals surface area (Å²) in [5, 5.41) is 0. The van der Waals surface area contributed by atoms with E-state index in [0.717, 1.165) is 6.54 Å². The van der Waals surface area contributed by atoms with E-state index in [1.165, 1.54) is 33.5 Å². The van der Waals surface area contributed by atoms with E-state index in [1.54, 1.807) is 0 Å². The van der Waals surface area contributed by atoms with Crippen LogP contribution in [0.15, 0.2) is 24.4 Å². The summed E-state index contributed by atoms with van der Waals surface area (Å²) in [6.07, 6.45) is 2.25. The van der Waals surface area contributed by atoms with E-state index in [4.69, 9.17) is 0 Å². The molecule has 0 spiro atoms. The summed E-state index contributed by atoms with van der Waals surface area (Å²) in [7, 11) is 0. The molecule has 0 radical (unpaired) electrons. The lowest BCUT2D eigenvalue weighted by Gasteiger charge is -2.09. The van der Waals surface area contributed by atoms with Crippen molar-refractivity contribution in [2.75, 3.05) is 0 Å². The largest absolute Gasteiger partial charge is 0.347 e. The lowest BCUT2D eigenvalue weighted by molar-refractivity contribution is 0.771. The minimum Gasteiger partial charge on any atom is -0.347 e. The van der Waals surface area contributed by atoms with E-state index in [2.05, 4.69) is 63.6 Å². The molecule has 0 fully saturated rings. The van der Waals surface area contributed by atoms with Crippen molar-refractivity contribution in [3.8, 4) is 0 Å². The molecule has 1 heteroatoms. The second-order valence-electron chi connectivity index (χ2n) is 5.15. The third-order valence-electron chi connectivity index (χ3n) is 3.55. The van der Waals surface area contributed by atoms with Gasteiger partial charge in [-0.25, -0.2) is 0 Å². The number of hydrogen-bond acceptors (Lipinski definition) is 0. The van der Waals surface area contributed by atoms with Crippen LogP contribution >= 0.6 is 0 Å². The number of aryl methyl sites for hydroxylation is 3. The minimum atomic E-state index is 0.975. The van der Waals surface area contributed by atoms with Crippen LogP contribution in [0.3, 0.4) is 0 Å². The highest BCUT2D eigenvalue weighted by Crippen LogP contribution is 2.17. The van der Waals surface area contributed by atoms with Gasteiger partial charge in [0.25, 0.3) is 0 Å². The molecule has 17 heavy (non-hydrogen) atoms. The fraction of sp³-hybridized carbons (Fsp3) is 0.375. The van der Waals surface area contributed by atoms with E-state index in [-0.39, 0.29) is 0 Å². The third kappa shape index (κ3) is 2.44. The van der Waals surface area contributed by atoms with E-state index >= 15 is 0 Å². The van der Waals surface area contributed by atoms with Gasteiger partial charge in [0, 0.05) is 18.4 Å². The van der Waals surface area contributed by atoms with Gasteiger partial charge in [-0.05, 0) is 51.3 Å². The molecule has 90 valence electrons. The molecule has 2 rings (SSSR count). The average molecular weight is 227 g/mol. The molecule has 0 aliphatic heterocycles. The van der Waals surface area contributed by atoms with Gasteiger partial charge in [-0.3, -0.25) is 0 Å². The molecule has 0 amide bonds. The third-order valence-corrected chi connectivity index (χ3v) is 3.55. The molecule has 0 saturated heterocycles. The van der Waals surface area contributed by atoms with Gasteiger partial charge in [-0.1, -0.05) is 29.3 Å². The molecule has 1 aromatic heterocycles. The van der Waals surface area contributed by atoms with Crippen LogP contribution in [0.4, 0.5) is 0 Å². The summed E-state index contributed by atoms with van der Waals surface area (Å²) in [6, 6.07) is 6.77. The van der Waals surface area contributed by atoms with Crippen molar-refractivity contribution < 1.29 is 0 Å². The molecule has 0 aliphatic rings. The maximum atomic E-state index is 2.35. The SMILES string of the molecule is Cc1cc(C)cc(Cn2cc(C)c(C)c2C)c1. The summed E-state index contributed by atoms with van der Waals surface area (Å²) in [5.74, 6) is 0. The molecule has 0 aliphatic carbocycles. The lowest BCUT2D eigenvalue weighted by Crippen LogP contribution is -2.01. The first-order valence-corrected chi connectivity index (χ1v) is 6.17. The summed E-state index contributed by atoms with van der Waals surface area (Å²) in [5.41, 5.74) is 8.25. The Kier molecular flexibility index (Phi) is 3.10. The maximum absolute atomic E-state index is 2.35. The molecule has 0 bridgehead atoms. The predicted molar refractivity (Wildman–Crippen MR) is 73.7 cm³/mol. The topological polar surface area (TPSA) is 4.93 Å². The van der Waals surface area contributed by atoms with Gasteiger partial charge in [0.2, 0.25) is 0 Å². The molecule has 0 atom stereocenters. The van der Waals surface area contributed by atoms with E-state index in [9.17, 15) is 0 Å². The zero-order valence-electron chi connectivity index (χ0n) is 11.5. The summed E-state index contributed by atoms with van der Waals surface area (Å²) in [4.78, 5) is 0. The van der Waals surface area contributed by atoms with Crippen molar-refractivity contribution in [2.24, 2.45) is 0 Å². The molecule has 1 aromatic carbocycles. The van der Waals surface area contributed by atoms with Gasteiger partial charge in [-0.2, -0.15) is 0 Å². The van der Waals surface area contributed by atoms with Crippen LogP contribution in [0.2, 0.25) is 0 Å².